The lowest BCUT2D eigenvalue weighted by molar-refractivity contribution is -0.151. The van der Waals surface area contributed by atoms with Crippen LogP contribution in [0.2, 0.25) is 0 Å². The van der Waals surface area contributed by atoms with Gasteiger partial charge in [0.15, 0.2) is 0 Å². The third-order valence-electron chi connectivity index (χ3n) is 6.01. The molecule has 1 unspecified atom stereocenters. The van der Waals surface area contributed by atoms with Crippen molar-refractivity contribution in [3.05, 3.63) is 35.9 Å². The number of rotatable bonds is 5. The first-order valence-electron chi connectivity index (χ1n) is 10.2. The van der Waals surface area contributed by atoms with E-state index in [0.717, 1.165) is 24.8 Å². The van der Waals surface area contributed by atoms with E-state index in [1.807, 2.05) is 51.1 Å². The van der Waals surface area contributed by atoms with Crippen LogP contribution in [0.4, 0.5) is 4.79 Å². The number of alkyl carbamates (subject to hydrolysis) is 1. The number of aliphatic carboxylic acids is 1. The van der Waals surface area contributed by atoms with Gasteiger partial charge in [-0.25, -0.2) is 9.59 Å². The Kier molecular flexibility index (Phi) is 6.15. The second-order valence-corrected chi connectivity index (χ2v) is 9.13. The number of carboxylic acids is 1. The van der Waals surface area contributed by atoms with E-state index < -0.39 is 29.6 Å². The summed E-state index contributed by atoms with van der Waals surface area (Å²) >= 11 is 0. The number of carbonyl (C=O) groups is 3. The van der Waals surface area contributed by atoms with Crippen LogP contribution in [0.3, 0.4) is 0 Å². The molecule has 0 radical (unpaired) electrons. The van der Waals surface area contributed by atoms with Crippen LogP contribution >= 0.6 is 0 Å². The summed E-state index contributed by atoms with van der Waals surface area (Å²) in [7, 11) is 0. The van der Waals surface area contributed by atoms with E-state index in [4.69, 9.17) is 4.74 Å². The maximum atomic E-state index is 13.3. The van der Waals surface area contributed by atoms with Gasteiger partial charge < -0.3 is 20.1 Å². The molecule has 158 valence electrons. The molecule has 2 N–H and O–H groups in total. The summed E-state index contributed by atoms with van der Waals surface area (Å²) < 4.78 is 5.28. The number of ether oxygens (including phenoxy) is 1. The predicted molar refractivity (Wildman–Crippen MR) is 107 cm³/mol. The molecule has 0 spiro atoms. The van der Waals surface area contributed by atoms with Crippen molar-refractivity contribution >= 4 is 18.0 Å². The zero-order valence-electron chi connectivity index (χ0n) is 17.3. The molecule has 1 aliphatic carbocycles. The van der Waals surface area contributed by atoms with E-state index in [0.29, 0.717) is 6.54 Å². The Hall–Kier alpha value is -2.57. The smallest absolute Gasteiger partial charge is 0.408 e. The molecule has 4 atom stereocenters. The number of hydrogen-bond acceptors (Lipinski definition) is 4. The Labute approximate surface area is 171 Å². The third kappa shape index (κ3) is 4.71. The van der Waals surface area contributed by atoms with Gasteiger partial charge in [0.2, 0.25) is 5.91 Å². The van der Waals surface area contributed by atoms with Crippen LogP contribution in [0.5, 0.6) is 0 Å². The van der Waals surface area contributed by atoms with Gasteiger partial charge in [0.05, 0.1) is 0 Å². The first-order chi connectivity index (χ1) is 13.7. The molecule has 0 aromatic heterocycles. The van der Waals surface area contributed by atoms with Crippen molar-refractivity contribution in [2.45, 2.75) is 58.7 Å². The normalized spacial score (nSPS) is 24.7. The molecule has 1 aliphatic heterocycles. The van der Waals surface area contributed by atoms with Gasteiger partial charge in [-0.3, -0.25) is 4.79 Å². The molecule has 1 saturated heterocycles. The number of hydrogen-bond donors (Lipinski definition) is 2. The van der Waals surface area contributed by atoms with Crippen LogP contribution in [0.25, 0.3) is 0 Å². The van der Waals surface area contributed by atoms with Gasteiger partial charge in [-0.15, -0.1) is 0 Å². The average Bonchev–Trinajstić information content (AvgIpc) is 3.24. The number of nitrogens with zero attached hydrogens (tertiary/aromatic N) is 1. The fourth-order valence-electron chi connectivity index (χ4n) is 4.55. The van der Waals surface area contributed by atoms with E-state index in [2.05, 4.69) is 5.32 Å². The molecule has 7 heteroatoms. The summed E-state index contributed by atoms with van der Waals surface area (Å²) in [5.74, 6) is -1.09. The van der Waals surface area contributed by atoms with Crippen molar-refractivity contribution in [3.8, 4) is 0 Å². The highest BCUT2D eigenvalue weighted by Gasteiger charge is 2.51. The molecule has 29 heavy (non-hydrogen) atoms. The Morgan fingerprint density at radius 2 is 1.90 bits per heavy atom. The first kappa shape index (κ1) is 21.1. The SMILES string of the molecule is CC(C)(C)C(NC(=O)OCc1ccccc1)C(=O)N1C[C@@H]2CCC[C@@H]2[C@H]1C(=O)O. The lowest BCUT2D eigenvalue weighted by Gasteiger charge is -2.35. The van der Waals surface area contributed by atoms with Gasteiger partial charge in [0.25, 0.3) is 0 Å². The molecule has 3 rings (SSSR count). The quantitative estimate of drug-likeness (QED) is 0.789. The Morgan fingerprint density at radius 1 is 1.21 bits per heavy atom. The summed E-state index contributed by atoms with van der Waals surface area (Å²) in [6.07, 6.45) is 2.10. The van der Waals surface area contributed by atoms with Crippen LogP contribution in [0.15, 0.2) is 30.3 Å². The van der Waals surface area contributed by atoms with Crippen LogP contribution in [-0.4, -0.2) is 46.6 Å². The zero-order chi connectivity index (χ0) is 21.2. The van der Waals surface area contributed by atoms with E-state index in [1.54, 1.807) is 0 Å². The fourth-order valence-corrected chi connectivity index (χ4v) is 4.55. The maximum Gasteiger partial charge on any atom is 0.408 e. The minimum atomic E-state index is -0.966. The highest BCUT2D eigenvalue weighted by molar-refractivity contribution is 5.90. The fraction of sp³-hybridized carbons (Fsp3) is 0.591. The van der Waals surface area contributed by atoms with E-state index in [-0.39, 0.29) is 24.3 Å². The molecule has 1 heterocycles. The number of nitrogens with one attached hydrogen (secondary N) is 1. The van der Waals surface area contributed by atoms with Gasteiger partial charge in [-0.05, 0) is 35.7 Å². The Bertz CT molecular complexity index is 758. The van der Waals surface area contributed by atoms with Gasteiger partial charge in [-0.1, -0.05) is 57.5 Å². The van der Waals surface area contributed by atoms with Crippen LogP contribution in [0.1, 0.15) is 45.6 Å². The molecule has 1 saturated carbocycles. The predicted octanol–water partition coefficient (Wildman–Crippen LogP) is 3.04. The maximum absolute atomic E-state index is 13.3. The second kappa shape index (κ2) is 8.43. The van der Waals surface area contributed by atoms with Crippen LogP contribution in [-0.2, 0) is 20.9 Å². The summed E-state index contributed by atoms with van der Waals surface area (Å²) in [6, 6.07) is 7.60. The molecule has 2 amide bonds. The molecule has 0 bridgehead atoms. The molecular formula is C22H30N2O5. The first-order valence-corrected chi connectivity index (χ1v) is 10.2. The molecule has 1 aromatic carbocycles. The highest BCUT2D eigenvalue weighted by atomic mass is 16.5. The van der Waals surface area contributed by atoms with E-state index in [9.17, 15) is 19.5 Å². The largest absolute Gasteiger partial charge is 0.480 e. The van der Waals surface area contributed by atoms with Crippen molar-refractivity contribution in [3.63, 3.8) is 0 Å². The minimum Gasteiger partial charge on any atom is -0.480 e. The number of likely N-dealkylation sites (tertiary alicyclic amines) is 1. The number of carbonyl (C=O) groups excluding carboxylic acids is 2. The monoisotopic (exact) mass is 402 g/mol. The lowest BCUT2D eigenvalue weighted by Crippen LogP contribution is -2.57. The van der Waals surface area contributed by atoms with E-state index in [1.165, 1.54) is 4.90 Å². The second-order valence-electron chi connectivity index (χ2n) is 9.13. The number of carboxylic acid groups (broad SMARTS) is 1. The zero-order valence-corrected chi connectivity index (χ0v) is 17.3. The Balaban J connectivity index is 1.70. The lowest BCUT2D eigenvalue weighted by atomic mass is 9.85. The third-order valence-corrected chi connectivity index (χ3v) is 6.01. The standard InChI is InChI=1S/C22H30N2O5/c1-22(2,3)18(23-21(28)29-13-14-8-5-4-6-9-14)19(25)24-12-15-10-7-11-16(15)17(24)20(26)27/h4-6,8-9,15-18H,7,10-13H2,1-3H3,(H,23,28)(H,26,27)/t15-,16-,17-,18?/m0/s1. The molecule has 7 nitrogen and oxygen atoms in total. The Morgan fingerprint density at radius 3 is 2.52 bits per heavy atom. The van der Waals surface area contributed by atoms with Gasteiger partial charge in [0.1, 0.15) is 18.7 Å². The number of benzene rings is 1. The molecule has 2 aliphatic rings. The molecule has 1 aromatic rings. The summed E-state index contributed by atoms with van der Waals surface area (Å²) in [4.78, 5) is 39.1. The van der Waals surface area contributed by atoms with Crippen molar-refractivity contribution in [2.24, 2.45) is 17.3 Å². The summed E-state index contributed by atoms with van der Waals surface area (Å²) in [5.41, 5.74) is 0.253. The minimum absolute atomic E-state index is 0.00194. The highest BCUT2D eigenvalue weighted by Crippen LogP contribution is 2.43. The van der Waals surface area contributed by atoms with Crippen molar-refractivity contribution < 1.29 is 24.2 Å². The average molecular weight is 402 g/mol. The van der Waals surface area contributed by atoms with Gasteiger partial charge in [-0.2, -0.15) is 0 Å². The van der Waals surface area contributed by atoms with Crippen molar-refractivity contribution in [1.82, 2.24) is 10.2 Å². The van der Waals surface area contributed by atoms with Gasteiger partial charge in [0, 0.05) is 6.54 Å². The summed E-state index contributed by atoms with van der Waals surface area (Å²) in [5, 5.41) is 12.4. The van der Waals surface area contributed by atoms with Crippen molar-refractivity contribution in [2.75, 3.05) is 6.54 Å². The summed E-state index contributed by atoms with van der Waals surface area (Å²) in [6.45, 7) is 6.08. The number of amides is 2. The van der Waals surface area contributed by atoms with Crippen LogP contribution in [0, 0.1) is 17.3 Å². The van der Waals surface area contributed by atoms with E-state index >= 15 is 0 Å². The van der Waals surface area contributed by atoms with Gasteiger partial charge >= 0.3 is 12.1 Å². The molecule has 2 fully saturated rings. The number of fused-ring (bicyclic) bond motifs is 1. The topological polar surface area (TPSA) is 95.9 Å². The molecular weight excluding hydrogens is 372 g/mol. The van der Waals surface area contributed by atoms with Crippen molar-refractivity contribution in [1.29, 1.82) is 0 Å². The van der Waals surface area contributed by atoms with Crippen LogP contribution < -0.4 is 5.32 Å².